The minimum Gasteiger partial charge on any atom is -0.480 e. The number of fused-ring (bicyclic) bond motifs is 1. The largest absolute Gasteiger partial charge is 0.480 e. The minimum atomic E-state index is -1.02. The fourth-order valence-corrected chi connectivity index (χ4v) is 2.29. The number of nitrogens with zero attached hydrogens (tertiary/aromatic N) is 1. The maximum atomic E-state index is 12.1. The summed E-state index contributed by atoms with van der Waals surface area (Å²) in [6.45, 7) is 0. The molecule has 1 heterocycles. The average molecular weight is 293 g/mol. The summed E-state index contributed by atoms with van der Waals surface area (Å²) in [4.78, 5) is 23.2. The molecule has 0 bridgehead atoms. The number of hydrogen-bond donors (Lipinski definition) is 3. The van der Waals surface area contributed by atoms with Crippen LogP contribution in [0.5, 0.6) is 0 Å². The Morgan fingerprint density at radius 3 is 3.00 bits per heavy atom. The lowest BCUT2D eigenvalue weighted by atomic mass is 10.1. The number of carbonyl (C=O) groups excluding carboxylic acids is 1. The molecule has 2 aromatic rings. The monoisotopic (exact) mass is 293 g/mol. The maximum Gasteiger partial charge on any atom is 0.326 e. The number of carboxylic acid groups (broad SMARTS) is 1. The number of carbonyl (C=O) groups is 2. The number of nitrogens with one attached hydrogen (secondary N) is 2. The number of benzene rings is 1. The van der Waals surface area contributed by atoms with Gasteiger partial charge in [-0.05, 0) is 36.6 Å². The first-order valence-corrected chi connectivity index (χ1v) is 7.47. The van der Waals surface area contributed by atoms with Crippen LogP contribution in [0.4, 0.5) is 0 Å². The Hall–Kier alpha value is -2.02. The van der Waals surface area contributed by atoms with Gasteiger partial charge in [0.05, 0.1) is 11.7 Å². The van der Waals surface area contributed by atoms with E-state index in [1.807, 2.05) is 6.26 Å². The van der Waals surface area contributed by atoms with Crippen LogP contribution in [0.2, 0.25) is 0 Å². The summed E-state index contributed by atoms with van der Waals surface area (Å²) in [5.41, 5.74) is 1.26. The van der Waals surface area contributed by atoms with Crippen LogP contribution in [0, 0.1) is 0 Å². The number of amides is 1. The Balaban J connectivity index is 2.10. The molecule has 2 rings (SSSR count). The summed E-state index contributed by atoms with van der Waals surface area (Å²) in [5, 5.41) is 19.1. The Morgan fingerprint density at radius 1 is 1.50 bits per heavy atom. The predicted molar refractivity (Wildman–Crippen MR) is 78.0 cm³/mol. The number of thioether (sulfide) groups is 1. The summed E-state index contributed by atoms with van der Waals surface area (Å²) in [7, 11) is 0. The van der Waals surface area contributed by atoms with E-state index in [2.05, 4.69) is 15.5 Å². The molecule has 1 aromatic carbocycles. The third-order valence-corrected chi connectivity index (χ3v) is 3.56. The lowest BCUT2D eigenvalue weighted by Crippen LogP contribution is -2.41. The van der Waals surface area contributed by atoms with Crippen molar-refractivity contribution in [2.45, 2.75) is 12.5 Å². The van der Waals surface area contributed by atoms with Crippen LogP contribution >= 0.6 is 11.8 Å². The van der Waals surface area contributed by atoms with Crippen LogP contribution in [-0.2, 0) is 4.79 Å². The van der Waals surface area contributed by atoms with Crippen LogP contribution in [0.15, 0.2) is 24.4 Å². The normalized spacial score (nSPS) is 12.2. The van der Waals surface area contributed by atoms with E-state index >= 15 is 0 Å². The van der Waals surface area contributed by atoms with Crippen LogP contribution in [0.3, 0.4) is 0 Å². The highest BCUT2D eigenvalue weighted by molar-refractivity contribution is 7.98. The molecule has 1 amide bonds. The molecule has 0 spiro atoms. The summed E-state index contributed by atoms with van der Waals surface area (Å²) >= 11 is 1.55. The molecule has 0 unspecified atom stereocenters. The van der Waals surface area contributed by atoms with E-state index in [-0.39, 0.29) is 5.91 Å². The van der Waals surface area contributed by atoms with Gasteiger partial charge in [-0.2, -0.15) is 16.9 Å². The molecule has 20 heavy (non-hydrogen) atoms. The minimum absolute atomic E-state index is 0.387. The predicted octanol–water partition coefficient (Wildman–Crippen LogP) is 1.50. The van der Waals surface area contributed by atoms with Crippen molar-refractivity contribution >= 4 is 34.5 Å². The lowest BCUT2D eigenvalue weighted by molar-refractivity contribution is -0.139. The zero-order valence-corrected chi connectivity index (χ0v) is 11.7. The molecule has 0 saturated heterocycles. The molecule has 0 radical (unpaired) electrons. The van der Waals surface area contributed by atoms with Gasteiger partial charge < -0.3 is 10.4 Å². The molecular weight excluding hydrogens is 278 g/mol. The van der Waals surface area contributed by atoms with Gasteiger partial charge >= 0.3 is 5.97 Å². The van der Waals surface area contributed by atoms with E-state index in [0.717, 1.165) is 10.9 Å². The smallest absolute Gasteiger partial charge is 0.326 e. The SMILES string of the molecule is CSCC[C@@H](NC(=O)c1ccc2[nH]ncc2c1)C(=O)O. The zero-order valence-electron chi connectivity index (χ0n) is 10.9. The van der Waals surface area contributed by atoms with Crippen LogP contribution in [0.1, 0.15) is 16.8 Å². The van der Waals surface area contributed by atoms with Crippen molar-refractivity contribution in [2.24, 2.45) is 0 Å². The molecule has 1 aromatic heterocycles. The highest BCUT2D eigenvalue weighted by atomic mass is 32.2. The number of carboxylic acids is 1. The molecule has 6 nitrogen and oxygen atoms in total. The number of rotatable bonds is 6. The molecule has 0 aliphatic heterocycles. The number of aromatic nitrogens is 2. The van der Waals surface area contributed by atoms with Crippen LogP contribution < -0.4 is 5.32 Å². The highest BCUT2D eigenvalue weighted by Crippen LogP contribution is 2.13. The second-order valence-corrected chi connectivity index (χ2v) is 5.30. The van der Waals surface area contributed by atoms with Crippen LogP contribution in [0.25, 0.3) is 10.9 Å². The summed E-state index contributed by atoms with van der Waals surface area (Å²) in [6, 6.07) is 4.20. The maximum absolute atomic E-state index is 12.1. The number of aliphatic carboxylic acids is 1. The lowest BCUT2D eigenvalue weighted by Gasteiger charge is -2.13. The van der Waals surface area contributed by atoms with Gasteiger partial charge in [0.15, 0.2) is 0 Å². The highest BCUT2D eigenvalue weighted by Gasteiger charge is 2.20. The van der Waals surface area contributed by atoms with Gasteiger partial charge in [0.2, 0.25) is 0 Å². The first-order chi connectivity index (χ1) is 9.61. The van der Waals surface area contributed by atoms with Gasteiger partial charge in [-0.25, -0.2) is 4.79 Å². The van der Waals surface area contributed by atoms with Gasteiger partial charge in [0.25, 0.3) is 5.91 Å². The van der Waals surface area contributed by atoms with E-state index in [1.165, 1.54) is 0 Å². The summed E-state index contributed by atoms with van der Waals surface area (Å²) < 4.78 is 0. The van der Waals surface area contributed by atoms with E-state index in [4.69, 9.17) is 5.11 Å². The first-order valence-electron chi connectivity index (χ1n) is 6.07. The Morgan fingerprint density at radius 2 is 2.30 bits per heavy atom. The molecule has 7 heteroatoms. The van der Waals surface area contributed by atoms with Gasteiger partial charge in [0, 0.05) is 10.9 Å². The molecular formula is C13H15N3O3S. The van der Waals surface area contributed by atoms with Crippen molar-refractivity contribution in [1.29, 1.82) is 0 Å². The average Bonchev–Trinajstić information content (AvgIpc) is 2.90. The van der Waals surface area contributed by atoms with Crippen molar-refractivity contribution in [1.82, 2.24) is 15.5 Å². The van der Waals surface area contributed by atoms with E-state index in [1.54, 1.807) is 36.2 Å². The van der Waals surface area contributed by atoms with Crippen molar-refractivity contribution in [2.75, 3.05) is 12.0 Å². The quantitative estimate of drug-likeness (QED) is 0.750. The topological polar surface area (TPSA) is 95.1 Å². The third-order valence-electron chi connectivity index (χ3n) is 2.92. The molecule has 0 aliphatic rings. The van der Waals surface area contributed by atoms with Gasteiger partial charge in [-0.15, -0.1) is 0 Å². The van der Waals surface area contributed by atoms with E-state index in [0.29, 0.717) is 17.7 Å². The van der Waals surface area contributed by atoms with Crippen LogP contribution in [-0.4, -0.2) is 45.2 Å². The fourth-order valence-electron chi connectivity index (χ4n) is 1.82. The van der Waals surface area contributed by atoms with E-state index in [9.17, 15) is 9.59 Å². The van der Waals surface area contributed by atoms with Crippen molar-refractivity contribution < 1.29 is 14.7 Å². The zero-order chi connectivity index (χ0) is 14.5. The van der Waals surface area contributed by atoms with Crippen molar-refractivity contribution in [3.05, 3.63) is 30.0 Å². The van der Waals surface area contributed by atoms with Gasteiger partial charge in [0.1, 0.15) is 6.04 Å². The second kappa shape index (κ2) is 6.42. The second-order valence-electron chi connectivity index (χ2n) is 4.32. The van der Waals surface area contributed by atoms with E-state index < -0.39 is 12.0 Å². The van der Waals surface area contributed by atoms with Crippen molar-refractivity contribution in [3.63, 3.8) is 0 Å². The summed E-state index contributed by atoms with van der Waals surface area (Å²) in [6.07, 6.45) is 3.91. The fraction of sp³-hybridized carbons (Fsp3) is 0.308. The first kappa shape index (κ1) is 14.4. The number of aromatic amines is 1. The molecule has 3 N–H and O–H groups in total. The Labute approximate surface area is 119 Å². The molecule has 0 aliphatic carbocycles. The number of H-pyrrole nitrogens is 1. The summed E-state index contributed by atoms with van der Waals surface area (Å²) in [5.74, 6) is -0.726. The molecule has 0 fully saturated rings. The molecule has 0 saturated carbocycles. The van der Waals surface area contributed by atoms with Gasteiger partial charge in [-0.1, -0.05) is 0 Å². The van der Waals surface area contributed by atoms with Crippen molar-refractivity contribution in [3.8, 4) is 0 Å². The van der Waals surface area contributed by atoms with Gasteiger partial charge in [-0.3, -0.25) is 9.89 Å². The Bertz CT molecular complexity index is 626. The Kier molecular flexibility index (Phi) is 4.62. The third kappa shape index (κ3) is 3.30. The number of hydrogen-bond acceptors (Lipinski definition) is 4. The molecule has 106 valence electrons. The standard InChI is InChI=1S/C13H15N3O3S/c1-20-5-4-11(13(18)19)15-12(17)8-2-3-10-9(6-8)7-14-16-10/h2-3,6-7,11H,4-5H2,1H3,(H,14,16)(H,15,17)(H,18,19)/t11-/m1/s1. The molecule has 1 atom stereocenters.